The molecule has 0 spiro atoms. The largest absolute Gasteiger partial charge is 0.385 e. The van der Waals surface area contributed by atoms with E-state index in [1.807, 2.05) is 25.1 Å². The smallest absolute Gasteiger partial charge is 0.150 e. The second-order valence-electron chi connectivity index (χ2n) is 3.74. The van der Waals surface area contributed by atoms with Gasteiger partial charge >= 0.3 is 0 Å². The van der Waals surface area contributed by atoms with Crippen molar-refractivity contribution in [1.82, 2.24) is 0 Å². The maximum Gasteiger partial charge on any atom is 0.150 e. The van der Waals surface area contributed by atoms with Crippen LogP contribution in [0.4, 0.5) is 0 Å². The fourth-order valence-electron chi connectivity index (χ4n) is 1.59. The monoisotopic (exact) mass is 176 g/mol. The maximum atomic E-state index is 10.7. The van der Waals surface area contributed by atoms with Crippen LogP contribution >= 0.6 is 0 Å². The highest BCUT2D eigenvalue weighted by Gasteiger charge is 2.43. The third kappa shape index (κ3) is 1.38. The molecule has 0 heterocycles. The zero-order chi connectivity index (χ0) is 9.47. The lowest BCUT2D eigenvalue weighted by Gasteiger charge is -2.10. The fourth-order valence-corrected chi connectivity index (χ4v) is 1.59. The number of carbonyl (C=O) groups excluding carboxylic acids is 1. The van der Waals surface area contributed by atoms with Crippen molar-refractivity contribution >= 4 is 6.29 Å². The number of hydrogen-bond acceptors (Lipinski definition) is 2. The molecule has 0 aromatic heterocycles. The summed E-state index contributed by atoms with van der Waals surface area (Å²) in [6, 6.07) is 5.60. The molecule has 0 amide bonds. The van der Waals surface area contributed by atoms with Crippen molar-refractivity contribution in [2.45, 2.75) is 25.4 Å². The summed E-state index contributed by atoms with van der Waals surface area (Å²) >= 11 is 0. The van der Waals surface area contributed by atoms with Crippen LogP contribution in [0.3, 0.4) is 0 Å². The van der Waals surface area contributed by atoms with Gasteiger partial charge in [-0.2, -0.15) is 0 Å². The maximum absolute atomic E-state index is 10.7. The Balaban J connectivity index is 2.50. The number of aldehydes is 1. The molecule has 1 saturated carbocycles. The van der Waals surface area contributed by atoms with Gasteiger partial charge in [-0.15, -0.1) is 0 Å². The van der Waals surface area contributed by atoms with Gasteiger partial charge in [0.25, 0.3) is 0 Å². The summed E-state index contributed by atoms with van der Waals surface area (Å²) in [6.45, 7) is 1.94. The third-order valence-electron chi connectivity index (χ3n) is 2.56. The van der Waals surface area contributed by atoms with Crippen molar-refractivity contribution in [3.8, 4) is 0 Å². The average molecular weight is 176 g/mol. The van der Waals surface area contributed by atoms with Crippen LogP contribution in [0.1, 0.15) is 34.3 Å². The van der Waals surface area contributed by atoms with Crippen LogP contribution < -0.4 is 0 Å². The fraction of sp³-hybridized carbons (Fsp3) is 0.364. The molecule has 2 nitrogen and oxygen atoms in total. The highest BCUT2D eigenvalue weighted by molar-refractivity contribution is 5.78. The van der Waals surface area contributed by atoms with Crippen molar-refractivity contribution < 1.29 is 9.90 Å². The van der Waals surface area contributed by atoms with Gasteiger partial charge in [0.2, 0.25) is 0 Å². The number of rotatable bonds is 2. The second kappa shape index (κ2) is 2.67. The van der Waals surface area contributed by atoms with E-state index < -0.39 is 5.60 Å². The predicted octanol–water partition coefficient (Wildman–Crippen LogP) is 1.79. The first-order valence-electron chi connectivity index (χ1n) is 4.44. The minimum absolute atomic E-state index is 0.625. The Kier molecular flexibility index (Phi) is 1.74. The van der Waals surface area contributed by atoms with Crippen molar-refractivity contribution in [2.75, 3.05) is 0 Å². The Morgan fingerprint density at radius 3 is 2.69 bits per heavy atom. The molecule has 0 radical (unpaired) electrons. The normalized spacial score (nSPS) is 18.3. The molecule has 1 fully saturated rings. The molecule has 1 aromatic rings. The first-order valence-corrected chi connectivity index (χ1v) is 4.44. The Hall–Kier alpha value is -1.15. The molecular weight excluding hydrogens is 164 g/mol. The third-order valence-corrected chi connectivity index (χ3v) is 2.56. The quantitative estimate of drug-likeness (QED) is 0.697. The second-order valence-corrected chi connectivity index (χ2v) is 3.74. The minimum Gasteiger partial charge on any atom is -0.385 e. The summed E-state index contributed by atoms with van der Waals surface area (Å²) in [5.74, 6) is 0. The van der Waals surface area contributed by atoms with E-state index >= 15 is 0 Å². The van der Waals surface area contributed by atoms with E-state index in [1.165, 1.54) is 0 Å². The van der Waals surface area contributed by atoms with E-state index in [2.05, 4.69) is 0 Å². The van der Waals surface area contributed by atoms with Gasteiger partial charge in [-0.3, -0.25) is 4.79 Å². The van der Waals surface area contributed by atoms with E-state index in [9.17, 15) is 9.90 Å². The van der Waals surface area contributed by atoms with Crippen molar-refractivity contribution in [3.05, 3.63) is 34.9 Å². The SMILES string of the molecule is Cc1ccc(C2(O)CC2)c(C=O)c1. The molecule has 1 aliphatic rings. The van der Waals surface area contributed by atoms with Crippen LogP contribution in [0.2, 0.25) is 0 Å². The van der Waals surface area contributed by atoms with E-state index in [4.69, 9.17) is 0 Å². The number of aliphatic hydroxyl groups is 1. The first-order chi connectivity index (χ1) is 6.15. The first kappa shape index (κ1) is 8.45. The molecule has 0 unspecified atom stereocenters. The van der Waals surface area contributed by atoms with Gasteiger partial charge < -0.3 is 5.11 Å². The van der Waals surface area contributed by atoms with Crippen LogP contribution in [0.15, 0.2) is 18.2 Å². The topological polar surface area (TPSA) is 37.3 Å². The summed E-state index contributed by atoms with van der Waals surface area (Å²) in [5, 5.41) is 9.84. The molecule has 2 rings (SSSR count). The van der Waals surface area contributed by atoms with Crippen LogP contribution in [-0.4, -0.2) is 11.4 Å². The molecule has 0 saturated heterocycles. The molecule has 1 aliphatic carbocycles. The molecular formula is C11H12O2. The van der Waals surface area contributed by atoms with Gasteiger partial charge in [0.05, 0.1) is 5.60 Å². The van der Waals surface area contributed by atoms with Gasteiger partial charge in [-0.05, 0) is 31.4 Å². The lowest BCUT2D eigenvalue weighted by molar-refractivity contribution is 0.110. The van der Waals surface area contributed by atoms with Crippen molar-refractivity contribution in [1.29, 1.82) is 0 Å². The van der Waals surface area contributed by atoms with E-state index in [0.29, 0.717) is 5.56 Å². The highest BCUT2D eigenvalue weighted by Crippen LogP contribution is 2.46. The molecule has 2 heteroatoms. The molecule has 68 valence electrons. The standard InChI is InChI=1S/C11H12O2/c1-8-2-3-10(9(6-8)7-12)11(13)4-5-11/h2-3,6-7,13H,4-5H2,1H3. The Morgan fingerprint density at radius 2 is 2.15 bits per heavy atom. The van der Waals surface area contributed by atoms with Gasteiger partial charge in [-0.25, -0.2) is 0 Å². The van der Waals surface area contributed by atoms with Gasteiger partial charge in [0.15, 0.2) is 0 Å². The Bertz CT molecular complexity index is 351. The molecule has 1 aromatic carbocycles. The van der Waals surface area contributed by atoms with Crippen LogP contribution in [0.25, 0.3) is 0 Å². The summed E-state index contributed by atoms with van der Waals surface area (Å²) in [6.07, 6.45) is 2.37. The van der Waals surface area contributed by atoms with Crippen molar-refractivity contribution in [3.63, 3.8) is 0 Å². The Labute approximate surface area is 77.2 Å². The van der Waals surface area contributed by atoms with E-state index in [0.717, 1.165) is 30.3 Å². The van der Waals surface area contributed by atoms with Gasteiger partial charge in [0.1, 0.15) is 6.29 Å². The summed E-state index contributed by atoms with van der Waals surface area (Å²) in [4.78, 5) is 10.7. The minimum atomic E-state index is -0.704. The molecule has 13 heavy (non-hydrogen) atoms. The van der Waals surface area contributed by atoms with E-state index in [1.54, 1.807) is 0 Å². The number of aryl methyl sites for hydroxylation is 1. The molecule has 0 aliphatic heterocycles. The van der Waals surface area contributed by atoms with E-state index in [-0.39, 0.29) is 0 Å². The van der Waals surface area contributed by atoms with Crippen LogP contribution in [0.5, 0.6) is 0 Å². The van der Waals surface area contributed by atoms with Crippen LogP contribution in [-0.2, 0) is 5.60 Å². The molecule has 0 atom stereocenters. The number of carbonyl (C=O) groups is 1. The number of hydrogen-bond donors (Lipinski definition) is 1. The van der Waals surface area contributed by atoms with Crippen LogP contribution in [0, 0.1) is 6.92 Å². The highest BCUT2D eigenvalue weighted by atomic mass is 16.3. The Morgan fingerprint density at radius 1 is 1.46 bits per heavy atom. The lowest BCUT2D eigenvalue weighted by atomic mass is 9.99. The van der Waals surface area contributed by atoms with Gasteiger partial charge in [-0.1, -0.05) is 17.7 Å². The summed E-state index contributed by atoms with van der Waals surface area (Å²) in [7, 11) is 0. The summed E-state index contributed by atoms with van der Waals surface area (Å²) in [5.41, 5.74) is 1.76. The zero-order valence-corrected chi connectivity index (χ0v) is 7.58. The predicted molar refractivity (Wildman–Crippen MR) is 49.7 cm³/mol. The number of benzene rings is 1. The molecule has 0 bridgehead atoms. The average Bonchev–Trinajstić information content (AvgIpc) is 2.84. The lowest BCUT2D eigenvalue weighted by Crippen LogP contribution is -2.08. The van der Waals surface area contributed by atoms with Crippen molar-refractivity contribution in [2.24, 2.45) is 0 Å². The summed E-state index contributed by atoms with van der Waals surface area (Å²) < 4.78 is 0. The molecule has 1 N–H and O–H groups in total. The van der Waals surface area contributed by atoms with Gasteiger partial charge in [0, 0.05) is 5.56 Å². The zero-order valence-electron chi connectivity index (χ0n) is 7.58.